The Morgan fingerprint density at radius 3 is 2.30 bits per heavy atom. The van der Waals surface area contributed by atoms with Crippen LogP contribution < -0.4 is 10.6 Å². The molecule has 0 aliphatic heterocycles. The SMILES string of the molecule is Cc1cccc(NC(=O)C(C)NC(=O)OC(C)(C)C)c1C(=O)OCc1ccccc1. The van der Waals surface area contributed by atoms with Gasteiger partial charge in [-0.3, -0.25) is 4.79 Å². The number of nitrogens with one attached hydrogen (secondary N) is 2. The summed E-state index contributed by atoms with van der Waals surface area (Å²) in [5.41, 5.74) is 1.44. The summed E-state index contributed by atoms with van der Waals surface area (Å²) in [4.78, 5) is 37.1. The predicted molar refractivity (Wildman–Crippen MR) is 114 cm³/mol. The third-order valence-corrected chi connectivity index (χ3v) is 4.07. The molecule has 0 saturated heterocycles. The Kier molecular flexibility index (Phi) is 7.58. The number of rotatable bonds is 6. The molecular formula is C23H28N2O5. The molecule has 0 spiro atoms. The number of carbonyl (C=O) groups is 3. The highest BCUT2D eigenvalue weighted by Crippen LogP contribution is 2.21. The summed E-state index contributed by atoms with van der Waals surface area (Å²) in [5.74, 6) is -1.02. The third-order valence-electron chi connectivity index (χ3n) is 4.07. The van der Waals surface area contributed by atoms with Crippen LogP contribution in [0.3, 0.4) is 0 Å². The molecule has 0 aromatic heterocycles. The number of hydrogen-bond donors (Lipinski definition) is 2. The van der Waals surface area contributed by atoms with Gasteiger partial charge in [-0.15, -0.1) is 0 Å². The highest BCUT2D eigenvalue weighted by atomic mass is 16.6. The highest BCUT2D eigenvalue weighted by molar-refractivity contribution is 6.04. The van der Waals surface area contributed by atoms with Crippen molar-refractivity contribution in [1.29, 1.82) is 0 Å². The largest absolute Gasteiger partial charge is 0.457 e. The summed E-state index contributed by atoms with van der Waals surface area (Å²) in [7, 11) is 0. The van der Waals surface area contributed by atoms with Crippen LogP contribution >= 0.6 is 0 Å². The molecule has 0 saturated carbocycles. The van der Waals surface area contributed by atoms with E-state index in [2.05, 4.69) is 10.6 Å². The molecule has 1 unspecified atom stereocenters. The summed E-state index contributed by atoms with van der Waals surface area (Å²) >= 11 is 0. The number of anilines is 1. The maximum absolute atomic E-state index is 12.7. The smallest absolute Gasteiger partial charge is 0.408 e. The van der Waals surface area contributed by atoms with Crippen molar-refractivity contribution in [3.63, 3.8) is 0 Å². The zero-order valence-corrected chi connectivity index (χ0v) is 17.9. The molecule has 2 aromatic rings. The van der Waals surface area contributed by atoms with E-state index < -0.39 is 29.6 Å². The molecule has 2 aromatic carbocycles. The lowest BCUT2D eigenvalue weighted by Crippen LogP contribution is -2.44. The van der Waals surface area contributed by atoms with Crippen LogP contribution in [-0.2, 0) is 20.9 Å². The predicted octanol–water partition coefficient (Wildman–Crippen LogP) is 4.20. The quantitative estimate of drug-likeness (QED) is 0.694. The Labute approximate surface area is 176 Å². The lowest BCUT2D eigenvalue weighted by molar-refractivity contribution is -0.117. The number of esters is 1. The van der Waals surface area contributed by atoms with Crippen molar-refractivity contribution in [1.82, 2.24) is 5.32 Å². The average Bonchev–Trinajstić information content (AvgIpc) is 2.65. The molecule has 1 atom stereocenters. The zero-order chi connectivity index (χ0) is 22.3. The van der Waals surface area contributed by atoms with E-state index in [4.69, 9.17) is 9.47 Å². The van der Waals surface area contributed by atoms with E-state index in [9.17, 15) is 14.4 Å². The van der Waals surface area contributed by atoms with Crippen LogP contribution in [0.15, 0.2) is 48.5 Å². The maximum atomic E-state index is 12.7. The van der Waals surface area contributed by atoms with Gasteiger partial charge in [0.2, 0.25) is 5.91 Å². The number of benzene rings is 2. The molecule has 0 aliphatic rings. The number of alkyl carbamates (subject to hydrolysis) is 1. The van der Waals surface area contributed by atoms with Gasteiger partial charge in [-0.05, 0) is 51.8 Å². The maximum Gasteiger partial charge on any atom is 0.408 e. The number of ether oxygens (including phenoxy) is 2. The van der Waals surface area contributed by atoms with Gasteiger partial charge in [-0.2, -0.15) is 0 Å². The second-order valence-corrected chi connectivity index (χ2v) is 7.92. The van der Waals surface area contributed by atoms with Crippen molar-refractivity contribution < 1.29 is 23.9 Å². The van der Waals surface area contributed by atoms with Crippen LogP contribution in [0.5, 0.6) is 0 Å². The first kappa shape index (κ1) is 22.9. The fourth-order valence-electron chi connectivity index (χ4n) is 2.63. The molecule has 0 aliphatic carbocycles. The Balaban J connectivity index is 2.07. The van der Waals surface area contributed by atoms with Gasteiger partial charge in [0.15, 0.2) is 0 Å². The average molecular weight is 412 g/mol. The molecule has 0 radical (unpaired) electrons. The van der Waals surface area contributed by atoms with Crippen molar-refractivity contribution in [3.05, 3.63) is 65.2 Å². The lowest BCUT2D eigenvalue weighted by Gasteiger charge is -2.22. The van der Waals surface area contributed by atoms with E-state index in [1.165, 1.54) is 6.92 Å². The van der Waals surface area contributed by atoms with Crippen molar-refractivity contribution in [3.8, 4) is 0 Å². The Bertz CT molecular complexity index is 904. The van der Waals surface area contributed by atoms with Gasteiger partial charge in [0.05, 0.1) is 11.3 Å². The topological polar surface area (TPSA) is 93.7 Å². The molecule has 0 fully saturated rings. The number of aryl methyl sites for hydroxylation is 1. The van der Waals surface area contributed by atoms with E-state index in [1.807, 2.05) is 30.3 Å². The van der Waals surface area contributed by atoms with Gasteiger partial charge in [0.1, 0.15) is 18.2 Å². The molecule has 2 rings (SSSR count). The Hall–Kier alpha value is -3.35. The second kappa shape index (κ2) is 9.91. The summed E-state index contributed by atoms with van der Waals surface area (Å²) < 4.78 is 10.6. The summed E-state index contributed by atoms with van der Waals surface area (Å²) in [6, 6.07) is 13.6. The molecular weight excluding hydrogens is 384 g/mol. The van der Waals surface area contributed by atoms with Gasteiger partial charge < -0.3 is 20.1 Å². The van der Waals surface area contributed by atoms with E-state index >= 15 is 0 Å². The number of amides is 2. The molecule has 160 valence electrons. The zero-order valence-electron chi connectivity index (χ0n) is 17.9. The molecule has 7 nitrogen and oxygen atoms in total. The summed E-state index contributed by atoms with van der Waals surface area (Å²) in [5, 5.41) is 5.17. The fourth-order valence-corrected chi connectivity index (χ4v) is 2.63. The van der Waals surface area contributed by atoms with Crippen LogP contribution in [-0.4, -0.2) is 29.6 Å². The molecule has 2 amide bonds. The minimum atomic E-state index is -0.867. The van der Waals surface area contributed by atoms with Crippen LogP contribution in [0.4, 0.5) is 10.5 Å². The molecule has 7 heteroatoms. The molecule has 0 bridgehead atoms. The Morgan fingerprint density at radius 1 is 1.00 bits per heavy atom. The van der Waals surface area contributed by atoms with Gasteiger partial charge in [0, 0.05) is 0 Å². The van der Waals surface area contributed by atoms with Crippen molar-refractivity contribution in [2.24, 2.45) is 0 Å². The normalized spacial score (nSPS) is 11.9. The van der Waals surface area contributed by atoms with Crippen molar-refractivity contribution >= 4 is 23.7 Å². The number of carbonyl (C=O) groups excluding carboxylic acids is 3. The Morgan fingerprint density at radius 2 is 1.67 bits per heavy atom. The first-order valence-electron chi connectivity index (χ1n) is 9.68. The lowest BCUT2D eigenvalue weighted by atomic mass is 10.1. The minimum absolute atomic E-state index is 0.123. The summed E-state index contributed by atoms with van der Waals surface area (Å²) in [6.45, 7) is 8.61. The fraction of sp³-hybridized carbons (Fsp3) is 0.348. The van der Waals surface area contributed by atoms with Gasteiger partial charge in [0.25, 0.3) is 0 Å². The third kappa shape index (κ3) is 6.92. The first-order valence-corrected chi connectivity index (χ1v) is 9.68. The molecule has 2 N–H and O–H groups in total. The van der Waals surface area contributed by atoms with E-state index in [0.717, 1.165) is 5.56 Å². The van der Waals surface area contributed by atoms with Crippen molar-refractivity contribution in [2.45, 2.75) is 52.9 Å². The van der Waals surface area contributed by atoms with Gasteiger partial charge >= 0.3 is 12.1 Å². The van der Waals surface area contributed by atoms with Crippen LogP contribution in [0.1, 0.15) is 49.2 Å². The molecule has 0 heterocycles. The number of hydrogen-bond acceptors (Lipinski definition) is 5. The van der Waals surface area contributed by atoms with Gasteiger partial charge in [-0.1, -0.05) is 42.5 Å². The van der Waals surface area contributed by atoms with Crippen LogP contribution in [0.2, 0.25) is 0 Å². The van der Waals surface area contributed by atoms with E-state index in [-0.39, 0.29) is 12.2 Å². The van der Waals surface area contributed by atoms with Crippen LogP contribution in [0, 0.1) is 6.92 Å². The standard InChI is InChI=1S/C23H28N2O5/c1-15-10-9-13-18(19(15)21(27)29-14-17-11-7-6-8-12-17)25-20(26)16(2)24-22(28)30-23(3,4)5/h6-13,16H,14H2,1-5H3,(H,24,28)(H,25,26). The van der Waals surface area contributed by atoms with E-state index in [1.54, 1.807) is 45.9 Å². The minimum Gasteiger partial charge on any atom is -0.457 e. The van der Waals surface area contributed by atoms with E-state index in [0.29, 0.717) is 11.3 Å². The second-order valence-electron chi connectivity index (χ2n) is 7.92. The van der Waals surface area contributed by atoms with Crippen molar-refractivity contribution in [2.75, 3.05) is 5.32 Å². The van der Waals surface area contributed by atoms with Crippen LogP contribution in [0.25, 0.3) is 0 Å². The highest BCUT2D eigenvalue weighted by Gasteiger charge is 2.23. The summed E-state index contributed by atoms with van der Waals surface area (Å²) in [6.07, 6.45) is -0.697. The van der Waals surface area contributed by atoms with Gasteiger partial charge in [-0.25, -0.2) is 9.59 Å². The first-order chi connectivity index (χ1) is 14.1. The monoisotopic (exact) mass is 412 g/mol. The molecule has 30 heavy (non-hydrogen) atoms.